The van der Waals surface area contributed by atoms with E-state index in [1.807, 2.05) is 4.90 Å². The summed E-state index contributed by atoms with van der Waals surface area (Å²) in [6.07, 6.45) is 2.22. The van der Waals surface area contributed by atoms with Crippen LogP contribution in [-0.4, -0.2) is 36.3 Å². The van der Waals surface area contributed by atoms with Gasteiger partial charge in [0.25, 0.3) is 5.91 Å². The summed E-state index contributed by atoms with van der Waals surface area (Å²) in [5.41, 5.74) is 3.33. The predicted molar refractivity (Wildman–Crippen MR) is 122 cm³/mol. The van der Waals surface area contributed by atoms with E-state index in [1.54, 1.807) is 24.3 Å². The van der Waals surface area contributed by atoms with Crippen molar-refractivity contribution in [1.82, 2.24) is 10.2 Å². The van der Waals surface area contributed by atoms with E-state index in [0.717, 1.165) is 6.42 Å². The molecule has 0 unspecified atom stereocenters. The normalized spacial score (nSPS) is 15.1. The number of hydrogen-bond donors (Lipinski definition) is 1. The van der Waals surface area contributed by atoms with Gasteiger partial charge in [-0.25, -0.2) is 0 Å². The first kappa shape index (κ1) is 22.4. The van der Waals surface area contributed by atoms with Crippen molar-refractivity contribution in [3.8, 4) is 0 Å². The van der Waals surface area contributed by atoms with Crippen LogP contribution >= 0.6 is 11.6 Å². The Morgan fingerprint density at radius 2 is 1.60 bits per heavy atom. The van der Waals surface area contributed by atoms with E-state index < -0.39 is 0 Å². The van der Waals surface area contributed by atoms with Crippen molar-refractivity contribution in [3.63, 3.8) is 0 Å². The van der Waals surface area contributed by atoms with Gasteiger partial charge in [-0.1, -0.05) is 56.6 Å². The second-order valence-electron chi connectivity index (χ2n) is 9.06. The fourth-order valence-electron chi connectivity index (χ4n) is 3.77. The number of amides is 2. The zero-order valence-corrected chi connectivity index (χ0v) is 18.8. The van der Waals surface area contributed by atoms with Gasteiger partial charge in [-0.05, 0) is 60.1 Å². The molecule has 0 atom stereocenters. The van der Waals surface area contributed by atoms with Crippen molar-refractivity contribution in [1.29, 1.82) is 0 Å². The molecule has 1 aliphatic heterocycles. The molecule has 1 fully saturated rings. The molecule has 1 saturated heterocycles. The molecule has 2 aromatic rings. The first-order valence-electron chi connectivity index (χ1n) is 10.7. The molecular weight excluding hydrogens is 396 g/mol. The number of carbonyl (C=O) groups excluding carboxylic acids is 2. The van der Waals surface area contributed by atoms with E-state index >= 15 is 0 Å². The molecule has 0 radical (unpaired) electrons. The molecule has 2 amide bonds. The van der Waals surface area contributed by atoms with Gasteiger partial charge in [-0.3, -0.25) is 9.59 Å². The number of hydrogen-bond acceptors (Lipinski definition) is 2. The van der Waals surface area contributed by atoms with E-state index in [1.165, 1.54) is 11.1 Å². The molecule has 1 N–H and O–H groups in total. The summed E-state index contributed by atoms with van der Waals surface area (Å²) in [4.78, 5) is 26.9. The number of carbonyl (C=O) groups is 2. The number of piperidine rings is 1. The minimum absolute atomic E-state index is 0.00392. The second kappa shape index (κ2) is 9.65. The Bertz CT molecular complexity index is 862. The second-order valence-corrected chi connectivity index (χ2v) is 9.50. The third-order valence-electron chi connectivity index (χ3n) is 5.78. The molecule has 160 valence electrons. The lowest BCUT2D eigenvalue weighted by Crippen LogP contribution is -2.43. The van der Waals surface area contributed by atoms with Crippen molar-refractivity contribution in [2.75, 3.05) is 19.6 Å². The van der Waals surface area contributed by atoms with Gasteiger partial charge in [0.15, 0.2) is 0 Å². The van der Waals surface area contributed by atoms with Gasteiger partial charge in [0.1, 0.15) is 0 Å². The van der Waals surface area contributed by atoms with E-state index in [-0.39, 0.29) is 23.1 Å². The summed E-state index contributed by atoms with van der Waals surface area (Å²) in [5.74, 6) is 0.0756. The first-order valence-corrected chi connectivity index (χ1v) is 11.0. The van der Waals surface area contributed by atoms with Gasteiger partial charge >= 0.3 is 0 Å². The number of nitrogens with one attached hydrogen (secondary N) is 1. The average Bonchev–Trinajstić information content (AvgIpc) is 2.73. The maximum absolute atomic E-state index is 12.6. The van der Waals surface area contributed by atoms with E-state index in [0.29, 0.717) is 43.1 Å². The molecule has 0 aliphatic carbocycles. The molecule has 0 saturated carbocycles. The molecular formula is C25H31ClN2O2. The lowest BCUT2D eigenvalue weighted by Gasteiger charge is -2.31. The highest BCUT2D eigenvalue weighted by molar-refractivity contribution is 6.30. The minimum Gasteiger partial charge on any atom is -0.356 e. The Morgan fingerprint density at radius 1 is 1.00 bits per heavy atom. The molecule has 5 heteroatoms. The molecule has 2 aromatic carbocycles. The average molecular weight is 427 g/mol. The highest BCUT2D eigenvalue weighted by Gasteiger charge is 2.27. The zero-order valence-electron chi connectivity index (χ0n) is 18.1. The van der Waals surface area contributed by atoms with Crippen LogP contribution in [0.5, 0.6) is 0 Å². The molecule has 3 rings (SSSR count). The van der Waals surface area contributed by atoms with Gasteiger partial charge in [0.2, 0.25) is 5.91 Å². The topological polar surface area (TPSA) is 49.4 Å². The van der Waals surface area contributed by atoms with Gasteiger partial charge < -0.3 is 10.2 Å². The van der Waals surface area contributed by atoms with E-state index in [9.17, 15) is 9.59 Å². The third kappa shape index (κ3) is 5.85. The van der Waals surface area contributed by atoms with Gasteiger partial charge in [-0.2, -0.15) is 0 Å². The standard InChI is InChI=1S/C25H31ClN2O2/c1-25(2,3)21-8-4-18(5-9-21)12-15-27-23(29)19-13-16-28(17-14-19)24(30)20-6-10-22(26)11-7-20/h4-11,19H,12-17H2,1-3H3,(H,27,29). The van der Waals surface area contributed by atoms with Gasteiger partial charge in [-0.15, -0.1) is 0 Å². The van der Waals surface area contributed by atoms with Crippen molar-refractivity contribution in [2.24, 2.45) is 5.92 Å². The van der Waals surface area contributed by atoms with Crippen molar-refractivity contribution >= 4 is 23.4 Å². The maximum Gasteiger partial charge on any atom is 0.253 e. The van der Waals surface area contributed by atoms with Crippen molar-refractivity contribution in [2.45, 2.75) is 45.4 Å². The molecule has 1 aliphatic rings. The third-order valence-corrected chi connectivity index (χ3v) is 6.03. The van der Waals surface area contributed by atoms with E-state index in [2.05, 4.69) is 50.4 Å². The smallest absolute Gasteiger partial charge is 0.253 e. The Hall–Kier alpha value is -2.33. The molecule has 0 aromatic heterocycles. The number of benzene rings is 2. The van der Waals surface area contributed by atoms with Crippen LogP contribution in [0.3, 0.4) is 0 Å². The molecule has 0 bridgehead atoms. The molecule has 1 heterocycles. The summed E-state index contributed by atoms with van der Waals surface area (Å²) in [5, 5.41) is 3.69. The quantitative estimate of drug-likeness (QED) is 0.743. The highest BCUT2D eigenvalue weighted by atomic mass is 35.5. The van der Waals surface area contributed by atoms with Crippen LogP contribution in [0.2, 0.25) is 5.02 Å². The van der Waals surface area contributed by atoms with Gasteiger partial charge in [0, 0.05) is 36.1 Å². The maximum atomic E-state index is 12.6. The minimum atomic E-state index is -0.0254. The van der Waals surface area contributed by atoms with Crippen LogP contribution in [-0.2, 0) is 16.6 Å². The summed E-state index contributed by atoms with van der Waals surface area (Å²) in [6.45, 7) is 8.46. The van der Waals surface area contributed by atoms with Crippen LogP contribution in [0.15, 0.2) is 48.5 Å². The Labute approximate surface area is 184 Å². The Balaban J connectivity index is 1.42. The lowest BCUT2D eigenvalue weighted by molar-refractivity contribution is -0.126. The van der Waals surface area contributed by atoms with Crippen molar-refractivity contribution in [3.05, 3.63) is 70.2 Å². The molecule has 4 nitrogen and oxygen atoms in total. The fourth-order valence-corrected chi connectivity index (χ4v) is 3.89. The zero-order chi connectivity index (χ0) is 21.7. The van der Waals surface area contributed by atoms with Crippen LogP contribution in [0.4, 0.5) is 0 Å². The number of likely N-dealkylation sites (tertiary alicyclic amines) is 1. The number of nitrogens with zero attached hydrogens (tertiary/aromatic N) is 1. The SMILES string of the molecule is CC(C)(C)c1ccc(CCNC(=O)C2CCN(C(=O)c3ccc(Cl)cc3)CC2)cc1. The summed E-state index contributed by atoms with van der Waals surface area (Å²) in [7, 11) is 0. The van der Waals surface area contributed by atoms with Crippen LogP contribution < -0.4 is 5.32 Å². The fraction of sp³-hybridized carbons (Fsp3) is 0.440. The van der Waals surface area contributed by atoms with Crippen LogP contribution in [0.1, 0.15) is 55.1 Å². The van der Waals surface area contributed by atoms with Gasteiger partial charge in [0.05, 0.1) is 0 Å². The number of halogens is 1. The summed E-state index contributed by atoms with van der Waals surface area (Å²) in [6, 6.07) is 15.6. The first-order chi connectivity index (χ1) is 14.2. The summed E-state index contributed by atoms with van der Waals surface area (Å²) >= 11 is 5.89. The largest absolute Gasteiger partial charge is 0.356 e. The monoisotopic (exact) mass is 426 g/mol. The Morgan fingerprint density at radius 3 is 2.17 bits per heavy atom. The van der Waals surface area contributed by atoms with Crippen molar-refractivity contribution < 1.29 is 9.59 Å². The Kier molecular flexibility index (Phi) is 7.19. The number of rotatable bonds is 5. The molecule has 30 heavy (non-hydrogen) atoms. The highest BCUT2D eigenvalue weighted by Crippen LogP contribution is 2.23. The predicted octanol–water partition coefficient (Wildman–Crippen LogP) is 4.85. The van der Waals surface area contributed by atoms with E-state index in [4.69, 9.17) is 11.6 Å². The van der Waals surface area contributed by atoms with Crippen LogP contribution in [0.25, 0.3) is 0 Å². The molecule has 0 spiro atoms. The van der Waals surface area contributed by atoms with Crippen LogP contribution in [0, 0.1) is 5.92 Å². The lowest BCUT2D eigenvalue weighted by atomic mass is 9.86. The summed E-state index contributed by atoms with van der Waals surface area (Å²) < 4.78 is 0.